The Morgan fingerprint density at radius 3 is 2.57 bits per heavy atom. The Labute approximate surface area is 171 Å². The highest BCUT2D eigenvalue weighted by Gasteiger charge is 2.39. The summed E-state index contributed by atoms with van der Waals surface area (Å²) < 4.78 is 71.6. The van der Waals surface area contributed by atoms with Crippen molar-refractivity contribution in [2.75, 3.05) is 6.54 Å². The number of sulfonamides is 1. The molecular formula is C20H18F3N3O3S. The van der Waals surface area contributed by atoms with Crippen molar-refractivity contribution in [1.29, 1.82) is 0 Å². The first kappa shape index (κ1) is 20.5. The summed E-state index contributed by atoms with van der Waals surface area (Å²) in [5.41, 5.74) is 0.260. The Kier molecular flexibility index (Phi) is 5.15. The van der Waals surface area contributed by atoms with Gasteiger partial charge in [-0.2, -0.15) is 22.5 Å². The number of alkyl halides is 3. The van der Waals surface area contributed by atoms with Crippen molar-refractivity contribution in [2.45, 2.75) is 36.9 Å². The maximum atomic E-state index is 13.1. The molecule has 1 saturated heterocycles. The normalized spacial score (nSPS) is 18.1. The first-order chi connectivity index (χ1) is 14.2. The molecule has 0 radical (unpaired) electrons. The van der Waals surface area contributed by atoms with Crippen molar-refractivity contribution in [3.63, 3.8) is 0 Å². The first-order valence-electron chi connectivity index (χ1n) is 9.26. The number of halogens is 3. The van der Waals surface area contributed by atoms with E-state index in [0.29, 0.717) is 19.4 Å². The van der Waals surface area contributed by atoms with Gasteiger partial charge in [0.1, 0.15) is 6.04 Å². The second-order valence-electron chi connectivity index (χ2n) is 7.12. The third-order valence-electron chi connectivity index (χ3n) is 5.01. The minimum Gasteiger partial charge on any atom is -0.337 e. The largest absolute Gasteiger partial charge is 0.416 e. The second kappa shape index (κ2) is 7.51. The summed E-state index contributed by atoms with van der Waals surface area (Å²) >= 11 is 0. The van der Waals surface area contributed by atoms with E-state index in [0.717, 1.165) is 17.7 Å². The van der Waals surface area contributed by atoms with Gasteiger partial charge in [-0.15, -0.1) is 0 Å². The number of benzene rings is 2. The molecule has 6 nitrogen and oxygen atoms in total. The minimum absolute atomic E-state index is 0.0179. The van der Waals surface area contributed by atoms with Gasteiger partial charge in [0.25, 0.3) is 0 Å². The highest BCUT2D eigenvalue weighted by molar-refractivity contribution is 7.89. The van der Waals surface area contributed by atoms with Gasteiger partial charge in [0.2, 0.25) is 21.7 Å². The Balaban J connectivity index is 1.64. The van der Waals surface area contributed by atoms with E-state index in [9.17, 15) is 21.6 Å². The molecule has 158 valence electrons. The van der Waals surface area contributed by atoms with Crippen molar-refractivity contribution in [1.82, 2.24) is 14.4 Å². The molecule has 1 atom stereocenters. The van der Waals surface area contributed by atoms with Crippen molar-refractivity contribution < 1.29 is 26.1 Å². The van der Waals surface area contributed by atoms with Crippen molar-refractivity contribution in [3.05, 3.63) is 65.5 Å². The van der Waals surface area contributed by atoms with Gasteiger partial charge < -0.3 is 4.52 Å². The molecule has 10 heteroatoms. The molecule has 2 heterocycles. The lowest BCUT2D eigenvalue weighted by Crippen LogP contribution is -2.30. The zero-order chi connectivity index (χ0) is 21.5. The number of rotatable bonds is 4. The predicted molar refractivity (Wildman–Crippen MR) is 102 cm³/mol. The Morgan fingerprint density at radius 1 is 1.13 bits per heavy atom. The van der Waals surface area contributed by atoms with E-state index in [1.54, 1.807) is 24.3 Å². The summed E-state index contributed by atoms with van der Waals surface area (Å²) in [5.74, 6) is 0.0475. The van der Waals surface area contributed by atoms with Crippen LogP contribution in [0.15, 0.2) is 57.9 Å². The van der Waals surface area contributed by atoms with Crippen LogP contribution in [0.4, 0.5) is 13.2 Å². The van der Waals surface area contributed by atoms with Gasteiger partial charge in [0, 0.05) is 12.1 Å². The van der Waals surface area contributed by atoms with E-state index in [4.69, 9.17) is 4.52 Å². The molecule has 0 spiro atoms. The predicted octanol–water partition coefficient (Wildman–Crippen LogP) is 4.59. The van der Waals surface area contributed by atoms with Crippen molar-refractivity contribution >= 4 is 10.0 Å². The van der Waals surface area contributed by atoms with Crippen molar-refractivity contribution in [3.8, 4) is 11.4 Å². The second-order valence-corrected chi connectivity index (χ2v) is 9.01. The number of aryl methyl sites for hydroxylation is 1. The Bertz CT molecular complexity index is 1160. The van der Waals surface area contributed by atoms with Crippen LogP contribution in [0.5, 0.6) is 0 Å². The fourth-order valence-corrected chi connectivity index (χ4v) is 5.09. The third-order valence-corrected chi connectivity index (χ3v) is 6.93. The molecule has 1 aromatic heterocycles. The van der Waals surface area contributed by atoms with Crippen molar-refractivity contribution in [2.24, 2.45) is 0 Å². The number of aromatic nitrogens is 2. The van der Waals surface area contributed by atoms with E-state index in [1.807, 2.05) is 6.92 Å². The SMILES string of the molecule is Cc1ccc(S(=O)(=O)N2CCC[C@@H]2c2nc(-c3cccc(C(F)(F)F)c3)no2)cc1. The zero-order valence-corrected chi connectivity index (χ0v) is 16.7. The molecule has 1 fully saturated rings. The number of hydrogen-bond donors (Lipinski definition) is 0. The maximum absolute atomic E-state index is 13.1. The standard InChI is InChI=1S/C20H18F3N3O3S/c1-13-7-9-16(10-8-13)30(27,28)26-11-3-6-17(26)19-24-18(25-29-19)14-4-2-5-15(12-14)20(21,22)23/h2,4-5,7-10,12,17H,3,6,11H2,1H3/t17-/m1/s1. The highest BCUT2D eigenvalue weighted by Crippen LogP contribution is 2.37. The molecule has 0 bridgehead atoms. The summed E-state index contributed by atoms with van der Waals surface area (Å²) in [6.45, 7) is 2.16. The van der Waals surface area contributed by atoms with E-state index in [-0.39, 0.29) is 22.2 Å². The number of nitrogens with zero attached hydrogens (tertiary/aromatic N) is 3. The monoisotopic (exact) mass is 437 g/mol. The highest BCUT2D eigenvalue weighted by atomic mass is 32.2. The van der Waals surface area contributed by atoms with Gasteiger partial charge in [-0.25, -0.2) is 8.42 Å². The lowest BCUT2D eigenvalue weighted by molar-refractivity contribution is -0.137. The molecular weight excluding hydrogens is 419 g/mol. The van der Waals surface area contributed by atoms with Crippen LogP contribution in [-0.2, 0) is 16.2 Å². The van der Waals surface area contributed by atoms with Crippen LogP contribution in [0.25, 0.3) is 11.4 Å². The van der Waals surface area contributed by atoms with Crippen LogP contribution in [0, 0.1) is 6.92 Å². The minimum atomic E-state index is -4.49. The lowest BCUT2D eigenvalue weighted by atomic mass is 10.1. The van der Waals surface area contributed by atoms with Gasteiger partial charge in [-0.3, -0.25) is 0 Å². The molecule has 0 amide bonds. The average molecular weight is 437 g/mol. The molecule has 4 rings (SSSR count). The zero-order valence-electron chi connectivity index (χ0n) is 15.9. The smallest absolute Gasteiger partial charge is 0.337 e. The van der Waals surface area contributed by atoms with Crippen LogP contribution < -0.4 is 0 Å². The molecule has 0 N–H and O–H groups in total. The number of hydrogen-bond acceptors (Lipinski definition) is 5. The van der Waals surface area contributed by atoms with Crippen LogP contribution in [-0.4, -0.2) is 29.4 Å². The summed E-state index contributed by atoms with van der Waals surface area (Å²) in [6, 6.07) is 10.5. The van der Waals surface area contributed by atoms with Gasteiger partial charge in [0.15, 0.2) is 0 Å². The van der Waals surface area contributed by atoms with Gasteiger partial charge in [-0.1, -0.05) is 35.0 Å². The van der Waals surface area contributed by atoms with E-state index in [1.165, 1.54) is 16.4 Å². The molecule has 1 aliphatic rings. The summed E-state index contributed by atoms with van der Waals surface area (Å²) in [6.07, 6.45) is -3.40. The van der Waals surface area contributed by atoms with Gasteiger partial charge >= 0.3 is 6.18 Å². The summed E-state index contributed by atoms with van der Waals surface area (Å²) in [4.78, 5) is 4.37. The molecule has 3 aromatic rings. The van der Waals surface area contributed by atoms with E-state index < -0.39 is 27.8 Å². The average Bonchev–Trinajstić information content (AvgIpc) is 3.37. The van der Waals surface area contributed by atoms with Crippen LogP contribution >= 0.6 is 0 Å². The molecule has 2 aromatic carbocycles. The fourth-order valence-electron chi connectivity index (χ4n) is 3.44. The summed E-state index contributed by atoms with van der Waals surface area (Å²) in [5, 5.41) is 3.78. The Hall–Kier alpha value is -2.72. The summed E-state index contributed by atoms with van der Waals surface area (Å²) in [7, 11) is -3.78. The molecule has 30 heavy (non-hydrogen) atoms. The molecule has 0 aliphatic carbocycles. The first-order valence-corrected chi connectivity index (χ1v) is 10.7. The van der Waals surface area contributed by atoms with Gasteiger partial charge in [-0.05, 0) is 44.0 Å². The Morgan fingerprint density at radius 2 is 1.87 bits per heavy atom. The van der Waals surface area contributed by atoms with Crippen LogP contribution in [0.3, 0.4) is 0 Å². The molecule has 1 aliphatic heterocycles. The molecule has 0 unspecified atom stereocenters. The third kappa shape index (κ3) is 3.84. The quantitative estimate of drug-likeness (QED) is 0.597. The van der Waals surface area contributed by atoms with Gasteiger partial charge in [0.05, 0.1) is 10.5 Å². The van der Waals surface area contributed by atoms with E-state index >= 15 is 0 Å². The lowest BCUT2D eigenvalue weighted by Gasteiger charge is -2.21. The fraction of sp³-hybridized carbons (Fsp3) is 0.300. The topological polar surface area (TPSA) is 76.3 Å². The molecule has 0 saturated carbocycles. The van der Waals surface area contributed by atoms with Crippen LogP contribution in [0.2, 0.25) is 0 Å². The van der Waals surface area contributed by atoms with Crippen LogP contribution in [0.1, 0.15) is 35.9 Å². The van der Waals surface area contributed by atoms with E-state index in [2.05, 4.69) is 10.1 Å². The maximum Gasteiger partial charge on any atom is 0.416 e.